The molecule has 8 heteroatoms. The number of benzene rings is 2. The summed E-state index contributed by atoms with van der Waals surface area (Å²) in [5.74, 6) is -1.09. The Morgan fingerprint density at radius 2 is 1.74 bits per heavy atom. The minimum Gasteiger partial charge on any atom is -0.488 e. The van der Waals surface area contributed by atoms with Crippen molar-refractivity contribution < 1.29 is 23.1 Å². The molecule has 0 saturated carbocycles. The van der Waals surface area contributed by atoms with Crippen molar-refractivity contribution in [2.75, 3.05) is 33.2 Å². The van der Waals surface area contributed by atoms with Gasteiger partial charge in [0.25, 0.3) is 0 Å². The number of rotatable bonds is 6. The predicted molar refractivity (Wildman–Crippen MR) is 100 cm³/mol. The molecule has 2 aromatic carbocycles. The van der Waals surface area contributed by atoms with Crippen LogP contribution >= 0.6 is 0 Å². The first-order valence-corrected chi connectivity index (χ1v) is 10.0. The summed E-state index contributed by atoms with van der Waals surface area (Å²) in [6, 6.07) is 13.3. The molecule has 0 radical (unpaired) electrons. The van der Waals surface area contributed by atoms with Gasteiger partial charge in [-0.25, -0.2) is 13.2 Å². The molecule has 27 heavy (non-hydrogen) atoms. The molecule has 0 amide bonds. The smallest absolute Gasteiger partial charge is 0.339 e. The molecule has 0 aliphatic carbocycles. The van der Waals surface area contributed by atoms with E-state index in [2.05, 4.69) is 4.90 Å². The van der Waals surface area contributed by atoms with Crippen LogP contribution < -0.4 is 4.74 Å². The maximum absolute atomic E-state index is 12.8. The molecule has 1 aliphatic rings. The standard InChI is InChI=1S/C19H22N2O5S/c1-20-9-11-21(12-10-20)27(24,25)16-7-8-18(17(13-16)19(22)23)26-14-15-5-3-2-4-6-15/h2-8,13H,9-12,14H2,1H3,(H,22,23). The summed E-state index contributed by atoms with van der Waals surface area (Å²) in [5, 5.41) is 9.50. The topological polar surface area (TPSA) is 87.2 Å². The molecule has 0 spiro atoms. The molecular formula is C19H22N2O5S. The Morgan fingerprint density at radius 1 is 1.07 bits per heavy atom. The zero-order chi connectivity index (χ0) is 19.4. The summed E-state index contributed by atoms with van der Waals surface area (Å²) in [6.07, 6.45) is 0. The van der Waals surface area contributed by atoms with Gasteiger partial charge in [-0.15, -0.1) is 0 Å². The molecular weight excluding hydrogens is 368 g/mol. The molecule has 1 fully saturated rings. The van der Waals surface area contributed by atoms with E-state index in [-0.39, 0.29) is 22.8 Å². The number of hydrogen-bond donors (Lipinski definition) is 1. The largest absolute Gasteiger partial charge is 0.488 e. The first-order valence-electron chi connectivity index (χ1n) is 8.60. The van der Waals surface area contributed by atoms with Crippen molar-refractivity contribution in [3.05, 3.63) is 59.7 Å². The van der Waals surface area contributed by atoms with Crippen LogP contribution in [0.5, 0.6) is 5.75 Å². The van der Waals surface area contributed by atoms with Crippen LogP contribution in [0.1, 0.15) is 15.9 Å². The first kappa shape index (κ1) is 19.3. The summed E-state index contributed by atoms with van der Waals surface area (Å²) in [7, 11) is -1.80. The fourth-order valence-corrected chi connectivity index (χ4v) is 4.32. The summed E-state index contributed by atoms with van der Waals surface area (Å²) in [6.45, 7) is 2.25. The number of likely N-dealkylation sites (N-methyl/N-ethyl adjacent to an activating group) is 1. The summed E-state index contributed by atoms with van der Waals surface area (Å²) in [4.78, 5) is 13.7. The van der Waals surface area contributed by atoms with Crippen LogP contribution in [0, 0.1) is 0 Å². The van der Waals surface area contributed by atoms with Crippen molar-refractivity contribution in [3.63, 3.8) is 0 Å². The fraction of sp³-hybridized carbons (Fsp3) is 0.316. The molecule has 0 bridgehead atoms. The number of hydrogen-bond acceptors (Lipinski definition) is 5. The summed E-state index contributed by atoms with van der Waals surface area (Å²) < 4.78 is 32.7. The van der Waals surface area contributed by atoms with E-state index in [9.17, 15) is 18.3 Å². The molecule has 1 N–H and O–H groups in total. The zero-order valence-corrected chi connectivity index (χ0v) is 15.9. The quantitative estimate of drug-likeness (QED) is 0.811. The third kappa shape index (κ3) is 4.47. The van der Waals surface area contributed by atoms with Gasteiger partial charge in [-0.3, -0.25) is 0 Å². The maximum atomic E-state index is 12.8. The number of carboxylic acid groups (broad SMARTS) is 1. The molecule has 0 atom stereocenters. The van der Waals surface area contributed by atoms with Crippen molar-refractivity contribution in [2.45, 2.75) is 11.5 Å². The molecule has 0 aromatic heterocycles. The molecule has 2 aromatic rings. The zero-order valence-electron chi connectivity index (χ0n) is 15.0. The van der Waals surface area contributed by atoms with Gasteiger partial charge in [0.2, 0.25) is 10.0 Å². The summed E-state index contributed by atoms with van der Waals surface area (Å²) in [5.41, 5.74) is 0.726. The Kier molecular flexibility index (Phi) is 5.79. The van der Waals surface area contributed by atoms with E-state index in [4.69, 9.17) is 4.74 Å². The lowest BCUT2D eigenvalue weighted by Crippen LogP contribution is -2.47. The van der Waals surface area contributed by atoms with Crippen LogP contribution in [0.2, 0.25) is 0 Å². The average molecular weight is 390 g/mol. The molecule has 0 unspecified atom stereocenters. The third-order valence-electron chi connectivity index (χ3n) is 4.52. The number of aromatic carboxylic acids is 1. The maximum Gasteiger partial charge on any atom is 0.339 e. The van der Waals surface area contributed by atoms with Gasteiger partial charge in [0.1, 0.15) is 17.9 Å². The van der Waals surface area contributed by atoms with Gasteiger partial charge in [-0.05, 0) is 30.8 Å². The SMILES string of the molecule is CN1CCN(S(=O)(=O)c2ccc(OCc3ccccc3)c(C(=O)O)c2)CC1. The number of piperazine rings is 1. The van der Waals surface area contributed by atoms with E-state index >= 15 is 0 Å². The average Bonchev–Trinajstić information content (AvgIpc) is 2.67. The van der Waals surface area contributed by atoms with Crippen LogP contribution in [0.25, 0.3) is 0 Å². The fourth-order valence-electron chi connectivity index (χ4n) is 2.88. The summed E-state index contributed by atoms with van der Waals surface area (Å²) >= 11 is 0. The van der Waals surface area contributed by atoms with Crippen molar-refractivity contribution in [1.29, 1.82) is 0 Å². The van der Waals surface area contributed by atoms with Gasteiger partial charge in [-0.2, -0.15) is 4.31 Å². The van der Waals surface area contributed by atoms with E-state index in [0.717, 1.165) is 5.56 Å². The third-order valence-corrected chi connectivity index (χ3v) is 6.41. The highest BCUT2D eigenvalue weighted by atomic mass is 32.2. The number of carbonyl (C=O) groups is 1. The second-order valence-electron chi connectivity index (χ2n) is 6.44. The van der Waals surface area contributed by atoms with Crippen LogP contribution in [0.4, 0.5) is 0 Å². The Hall–Kier alpha value is -2.42. The molecule has 1 heterocycles. The Morgan fingerprint density at radius 3 is 2.37 bits per heavy atom. The second-order valence-corrected chi connectivity index (χ2v) is 8.38. The Balaban J connectivity index is 1.83. The van der Waals surface area contributed by atoms with Crippen LogP contribution in [-0.4, -0.2) is 61.9 Å². The number of ether oxygens (including phenoxy) is 1. The highest BCUT2D eigenvalue weighted by molar-refractivity contribution is 7.89. The number of carboxylic acids is 1. The molecule has 3 rings (SSSR count). The monoisotopic (exact) mass is 390 g/mol. The Bertz CT molecular complexity index is 907. The molecule has 1 aliphatic heterocycles. The lowest BCUT2D eigenvalue weighted by Gasteiger charge is -2.31. The van der Waals surface area contributed by atoms with E-state index < -0.39 is 16.0 Å². The van der Waals surface area contributed by atoms with Gasteiger partial charge >= 0.3 is 5.97 Å². The van der Waals surface area contributed by atoms with Gasteiger partial charge in [-0.1, -0.05) is 30.3 Å². The van der Waals surface area contributed by atoms with Gasteiger partial charge in [0.05, 0.1) is 4.90 Å². The van der Waals surface area contributed by atoms with Gasteiger partial charge in [0, 0.05) is 26.2 Å². The van der Waals surface area contributed by atoms with Gasteiger partial charge < -0.3 is 14.7 Å². The molecule has 144 valence electrons. The lowest BCUT2D eigenvalue weighted by molar-refractivity contribution is 0.0691. The van der Waals surface area contributed by atoms with Crippen molar-refractivity contribution >= 4 is 16.0 Å². The van der Waals surface area contributed by atoms with Crippen LogP contribution in [0.15, 0.2) is 53.4 Å². The van der Waals surface area contributed by atoms with E-state index in [1.165, 1.54) is 22.5 Å². The van der Waals surface area contributed by atoms with Crippen molar-refractivity contribution in [2.24, 2.45) is 0 Å². The minimum atomic E-state index is -3.74. The predicted octanol–water partition coefficient (Wildman–Crippen LogP) is 1.90. The van der Waals surface area contributed by atoms with Crippen molar-refractivity contribution in [1.82, 2.24) is 9.21 Å². The lowest BCUT2D eigenvalue weighted by atomic mass is 10.2. The van der Waals surface area contributed by atoms with E-state index in [1.807, 2.05) is 37.4 Å². The minimum absolute atomic E-state index is 0.0310. The number of sulfonamides is 1. The van der Waals surface area contributed by atoms with E-state index in [0.29, 0.717) is 26.2 Å². The molecule has 1 saturated heterocycles. The second kappa shape index (κ2) is 8.08. The molecule has 7 nitrogen and oxygen atoms in total. The number of nitrogens with zero attached hydrogens (tertiary/aromatic N) is 2. The highest BCUT2D eigenvalue weighted by Gasteiger charge is 2.28. The van der Waals surface area contributed by atoms with Crippen molar-refractivity contribution in [3.8, 4) is 5.75 Å². The van der Waals surface area contributed by atoms with E-state index in [1.54, 1.807) is 0 Å². The normalized spacial score (nSPS) is 16.2. The van der Waals surface area contributed by atoms with Crippen LogP contribution in [0.3, 0.4) is 0 Å². The Labute approximate surface area is 158 Å². The first-order chi connectivity index (χ1) is 12.9. The van der Waals surface area contributed by atoms with Crippen LogP contribution in [-0.2, 0) is 16.6 Å². The highest BCUT2D eigenvalue weighted by Crippen LogP contribution is 2.26. The van der Waals surface area contributed by atoms with Gasteiger partial charge in [0.15, 0.2) is 0 Å².